The second-order valence-electron chi connectivity index (χ2n) is 4.53. The predicted octanol–water partition coefficient (Wildman–Crippen LogP) is 2.24. The number of hydrogen-bond donors (Lipinski definition) is 1. The van der Waals surface area contributed by atoms with Crippen molar-refractivity contribution in [2.45, 2.75) is 32.2 Å². The van der Waals surface area contributed by atoms with Crippen molar-refractivity contribution in [3.63, 3.8) is 0 Å². The van der Waals surface area contributed by atoms with Gasteiger partial charge in [0.1, 0.15) is 6.33 Å². The molecule has 0 aliphatic rings. The molecule has 0 bridgehead atoms. The van der Waals surface area contributed by atoms with Crippen molar-refractivity contribution >= 4 is 0 Å². The van der Waals surface area contributed by atoms with Gasteiger partial charge in [-0.25, -0.2) is 0 Å². The van der Waals surface area contributed by atoms with Gasteiger partial charge in [-0.1, -0.05) is 31.5 Å². The van der Waals surface area contributed by atoms with Crippen LogP contribution in [0.2, 0.25) is 0 Å². The first kappa shape index (κ1) is 11.8. The summed E-state index contributed by atoms with van der Waals surface area (Å²) in [5.74, 6) is 0.811. The molecule has 2 rings (SSSR count). The summed E-state index contributed by atoms with van der Waals surface area (Å²) < 4.78 is 1.95. The number of aromatic nitrogens is 3. The van der Waals surface area contributed by atoms with Crippen molar-refractivity contribution in [2.75, 3.05) is 0 Å². The lowest BCUT2D eigenvalue weighted by molar-refractivity contribution is 0.413. The summed E-state index contributed by atoms with van der Waals surface area (Å²) in [7, 11) is 0. The third-order valence-corrected chi connectivity index (χ3v) is 2.86. The van der Waals surface area contributed by atoms with E-state index in [-0.39, 0.29) is 0 Å². The Balaban J connectivity index is 2.42. The number of nitrogens with zero attached hydrogens (tertiary/aromatic N) is 3. The largest absolute Gasteiger partial charge is 0.319 e. The molecule has 0 saturated carbocycles. The van der Waals surface area contributed by atoms with Crippen molar-refractivity contribution < 1.29 is 0 Å². The van der Waals surface area contributed by atoms with Crippen molar-refractivity contribution in [2.24, 2.45) is 5.73 Å². The van der Waals surface area contributed by atoms with E-state index in [0.29, 0.717) is 0 Å². The Morgan fingerprint density at radius 2 is 2.00 bits per heavy atom. The SMILES string of the molecule is CCCC(C)(N)c1nncn1-c1ccccc1. The summed E-state index contributed by atoms with van der Waals surface area (Å²) in [4.78, 5) is 0. The summed E-state index contributed by atoms with van der Waals surface area (Å²) in [6.45, 7) is 4.12. The zero-order chi connectivity index (χ0) is 12.3. The van der Waals surface area contributed by atoms with Gasteiger partial charge in [0.25, 0.3) is 0 Å². The molecule has 90 valence electrons. The molecule has 0 spiro atoms. The Hall–Kier alpha value is -1.68. The lowest BCUT2D eigenvalue weighted by Crippen LogP contribution is -2.35. The Bertz CT molecular complexity index is 473. The van der Waals surface area contributed by atoms with Gasteiger partial charge in [-0.2, -0.15) is 0 Å². The quantitative estimate of drug-likeness (QED) is 0.876. The van der Waals surface area contributed by atoms with E-state index in [4.69, 9.17) is 5.73 Å². The van der Waals surface area contributed by atoms with Crippen LogP contribution < -0.4 is 5.73 Å². The second-order valence-corrected chi connectivity index (χ2v) is 4.53. The number of nitrogens with two attached hydrogens (primary N) is 1. The van der Waals surface area contributed by atoms with E-state index in [2.05, 4.69) is 17.1 Å². The highest BCUT2D eigenvalue weighted by molar-refractivity contribution is 5.33. The molecule has 2 N–H and O–H groups in total. The molecular formula is C13H18N4. The molecule has 1 heterocycles. The van der Waals surface area contributed by atoms with Gasteiger partial charge in [-0.15, -0.1) is 10.2 Å². The van der Waals surface area contributed by atoms with E-state index in [9.17, 15) is 0 Å². The highest BCUT2D eigenvalue weighted by Crippen LogP contribution is 2.23. The van der Waals surface area contributed by atoms with Crippen LogP contribution in [0.25, 0.3) is 5.69 Å². The Morgan fingerprint density at radius 1 is 1.29 bits per heavy atom. The molecule has 0 amide bonds. The smallest absolute Gasteiger partial charge is 0.157 e. The minimum Gasteiger partial charge on any atom is -0.319 e. The molecule has 0 saturated heterocycles. The molecule has 0 radical (unpaired) electrons. The highest BCUT2D eigenvalue weighted by Gasteiger charge is 2.26. The van der Waals surface area contributed by atoms with Gasteiger partial charge in [0.05, 0.1) is 5.54 Å². The Kier molecular flexibility index (Phi) is 3.24. The van der Waals surface area contributed by atoms with Gasteiger partial charge in [0.15, 0.2) is 5.82 Å². The van der Waals surface area contributed by atoms with Gasteiger partial charge in [-0.05, 0) is 25.5 Å². The van der Waals surface area contributed by atoms with Crippen molar-refractivity contribution in [3.8, 4) is 5.69 Å². The van der Waals surface area contributed by atoms with E-state index in [0.717, 1.165) is 24.4 Å². The topological polar surface area (TPSA) is 56.7 Å². The van der Waals surface area contributed by atoms with Gasteiger partial charge >= 0.3 is 0 Å². The van der Waals surface area contributed by atoms with Crippen molar-refractivity contribution in [3.05, 3.63) is 42.5 Å². The molecule has 1 aromatic heterocycles. The van der Waals surface area contributed by atoms with Gasteiger partial charge in [-0.3, -0.25) is 4.57 Å². The molecule has 1 atom stereocenters. The zero-order valence-electron chi connectivity index (χ0n) is 10.3. The molecule has 4 heteroatoms. The van der Waals surface area contributed by atoms with E-state index in [1.165, 1.54) is 0 Å². The van der Waals surface area contributed by atoms with Gasteiger partial charge in [0, 0.05) is 5.69 Å². The number of benzene rings is 1. The summed E-state index contributed by atoms with van der Waals surface area (Å²) in [5, 5.41) is 8.15. The lowest BCUT2D eigenvalue weighted by atomic mass is 9.96. The van der Waals surface area contributed by atoms with E-state index >= 15 is 0 Å². The fraction of sp³-hybridized carbons (Fsp3) is 0.385. The summed E-state index contributed by atoms with van der Waals surface area (Å²) in [5.41, 5.74) is 6.91. The van der Waals surface area contributed by atoms with Crippen LogP contribution in [0.5, 0.6) is 0 Å². The minimum absolute atomic E-state index is 0.443. The summed E-state index contributed by atoms with van der Waals surface area (Å²) in [6.07, 6.45) is 3.62. The zero-order valence-corrected chi connectivity index (χ0v) is 10.3. The van der Waals surface area contributed by atoms with Crippen LogP contribution in [0, 0.1) is 0 Å². The Morgan fingerprint density at radius 3 is 2.65 bits per heavy atom. The second kappa shape index (κ2) is 4.67. The maximum Gasteiger partial charge on any atom is 0.157 e. The van der Waals surface area contributed by atoms with Crippen LogP contribution >= 0.6 is 0 Å². The van der Waals surface area contributed by atoms with Crippen molar-refractivity contribution in [1.82, 2.24) is 14.8 Å². The third-order valence-electron chi connectivity index (χ3n) is 2.86. The summed E-state index contributed by atoms with van der Waals surface area (Å²) in [6, 6.07) is 10.0. The Labute approximate surface area is 101 Å². The summed E-state index contributed by atoms with van der Waals surface area (Å²) >= 11 is 0. The first-order chi connectivity index (χ1) is 8.15. The maximum absolute atomic E-state index is 6.31. The average molecular weight is 230 g/mol. The van der Waals surface area contributed by atoms with Crippen LogP contribution in [0.3, 0.4) is 0 Å². The molecule has 0 aliphatic heterocycles. The van der Waals surface area contributed by atoms with Crippen LogP contribution in [-0.4, -0.2) is 14.8 Å². The highest BCUT2D eigenvalue weighted by atomic mass is 15.3. The van der Waals surface area contributed by atoms with Gasteiger partial charge in [0.2, 0.25) is 0 Å². The van der Waals surface area contributed by atoms with Crippen LogP contribution in [0.15, 0.2) is 36.7 Å². The fourth-order valence-electron chi connectivity index (χ4n) is 2.03. The molecule has 1 aromatic carbocycles. The molecule has 4 nitrogen and oxygen atoms in total. The number of rotatable bonds is 4. The van der Waals surface area contributed by atoms with Crippen LogP contribution in [0.4, 0.5) is 0 Å². The monoisotopic (exact) mass is 230 g/mol. The minimum atomic E-state index is -0.443. The van der Waals surface area contributed by atoms with E-state index in [1.807, 2.05) is 41.8 Å². The fourth-order valence-corrected chi connectivity index (χ4v) is 2.03. The van der Waals surface area contributed by atoms with E-state index in [1.54, 1.807) is 6.33 Å². The molecule has 17 heavy (non-hydrogen) atoms. The molecular weight excluding hydrogens is 212 g/mol. The average Bonchev–Trinajstić information content (AvgIpc) is 2.79. The molecule has 1 unspecified atom stereocenters. The van der Waals surface area contributed by atoms with Crippen LogP contribution in [0.1, 0.15) is 32.5 Å². The molecule has 2 aromatic rings. The van der Waals surface area contributed by atoms with Crippen LogP contribution in [-0.2, 0) is 5.54 Å². The first-order valence-electron chi connectivity index (χ1n) is 5.90. The van der Waals surface area contributed by atoms with Gasteiger partial charge < -0.3 is 5.73 Å². The van der Waals surface area contributed by atoms with E-state index < -0.39 is 5.54 Å². The third kappa shape index (κ3) is 2.36. The molecule has 0 aliphatic carbocycles. The normalized spacial score (nSPS) is 14.5. The predicted molar refractivity (Wildman–Crippen MR) is 67.8 cm³/mol. The lowest BCUT2D eigenvalue weighted by Gasteiger charge is -2.23. The first-order valence-corrected chi connectivity index (χ1v) is 5.90. The van der Waals surface area contributed by atoms with Crippen molar-refractivity contribution in [1.29, 1.82) is 0 Å². The molecule has 0 fully saturated rings. The number of hydrogen-bond acceptors (Lipinski definition) is 3. The maximum atomic E-state index is 6.31. The number of para-hydroxylation sites is 1. The standard InChI is InChI=1S/C13H18N4/c1-3-9-13(2,14)12-16-15-10-17(12)11-7-5-4-6-8-11/h4-8,10H,3,9,14H2,1-2H3.